The van der Waals surface area contributed by atoms with Gasteiger partial charge in [0, 0.05) is 11.7 Å². The molecule has 1 heterocycles. The highest BCUT2D eigenvalue weighted by molar-refractivity contribution is 6.04. The van der Waals surface area contributed by atoms with Gasteiger partial charge in [-0.1, -0.05) is 19.1 Å². The van der Waals surface area contributed by atoms with E-state index in [-0.39, 0.29) is 23.4 Å². The van der Waals surface area contributed by atoms with Crippen molar-refractivity contribution in [3.8, 4) is 5.75 Å². The van der Waals surface area contributed by atoms with Crippen molar-refractivity contribution in [3.05, 3.63) is 59.4 Å². The first-order valence-electron chi connectivity index (χ1n) is 10.6. The molecule has 1 saturated carbocycles. The minimum atomic E-state index is -0.565. The number of anilines is 1. The van der Waals surface area contributed by atoms with Crippen molar-refractivity contribution in [2.24, 2.45) is 11.8 Å². The summed E-state index contributed by atoms with van der Waals surface area (Å²) in [5, 5.41) is 5.91. The van der Waals surface area contributed by atoms with Crippen molar-refractivity contribution >= 4 is 17.5 Å². The number of fused-ring (bicyclic) bond motifs is 1. The molecule has 30 heavy (non-hydrogen) atoms. The summed E-state index contributed by atoms with van der Waals surface area (Å²) in [5.41, 5.74) is 1.41. The molecule has 6 heteroatoms. The van der Waals surface area contributed by atoms with E-state index in [0.29, 0.717) is 18.7 Å². The summed E-state index contributed by atoms with van der Waals surface area (Å²) >= 11 is 0. The zero-order valence-corrected chi connectivity index (χ0v) is 17.1. The predicted molar refractivity (Wildman–Crippen MR) is 113 cm³/mol. The maximum absolute atomic E-state index is 13.8. The molecule has 0 saturated heterocycles. The Morgan fingerprint density at radius 3 is 2.60 bits per heavy atom. The molecule has 2 amide bonds. The van der Waals surface area contributed by atoms with Gasteiger partial charge in [-0.15, -0.1) is 0 Å². The van der Waals surface area contributed by atoms with Crippen LogP contribution >= 0.6 is 0 Å². The highest BCUT2D eigenvalue weighted by Gasteiger charge is 2.29. The number of hydrogen-bond donors (Lipinski definition) is 2. The van der Waals surface area contributed by atoms with Gasteiger partial charge < -0.3 is 15.4 Å². The van der Waals surface area contributed by atoms with Crippen molar-refractivity contribution in [3.63, 3.8) is 0 Å². The van der Waals surface area contributed by atoms with Crippen LogP contribution < -0.4 is 15.4 Å². The minimum Gasteiger partial charge on any atom is -0.492 e. The SMILES string of the molecule is CC1CCC(NC(=O)[C@H]2COc3ccc(NC(=O)c4ccccc4F)cc3C2)CC1. The van der Waals surface area contributed by atoms with Crippen molar-refractivity contribution in [2.75, 3.05) is 11.9 Å². The van der Waals surface area contributed by atoms with Gasteiger partial charge >= 0.3 is 0 Å². The minimum absolute atomic E-state index is 0.00877. The van der Waals surface area contributed by atoms with Gasteiger partial charge in [0.15, 0.2) is 0 Å². The number of benzene rings is 2. The first-order valence-corrected chi connectivity index (χ1v) is 10.6. The highest BCUT2D eigenvalue weighted by atomic mass is 19.1. The Hall–Kier alpha value is -2.89. The molecule has 1 atom stereocenters. The molecule has 0 spiro atoms. The molecule has 1 fully saturated rings. The van der Waals surface area contributed by atoms with Crippen LogP contribution in [0.5, 0.6) is 5.75 Å². The smallest absolute Gasteiger partial charge is 0.258 e. The van der Waals surface area contributed by atoms with E-state index >= 15 is 0 Å². The fraction of sp³-hybridized carbons (Fsp3) is 0.417. The van der Waals surface area contributed by atoms with E-state index in [4.69, 9.17) is 4.74 Å². The quantitative estimate of drug-likeness (QED) is 0.789. The Morgan fingerprint density at radius 1 is 1.07 bits per heavy atom. The standard InChI is InChI=1S/C24H27FN2O3/c1-15-6-8-18(9-7-15)26-23(28)17-12-16-13-19(10-11-22(16)30-14-17)27-24(29)20-4-2-3-5-21(20)25/h2-5,10-11,13,15,17-18H,6-9,12,14H2,1H3,(H,26,28)(H,27,29)/t15?,17-,18?/m1/s1. The van der Waals surface area contributed by atoms with E-state index in [1.54, 1.807) is 30.3 Å². The molecule has 158 valence electrons. The summed E-state index contributed by atoms with van der Waals surface area (Å²) in [7, 11) is 0. The maximum Gasteiger partial charge on any atom is 0.258 e. The largest absolute Gasteiger partial charge is 0.492 e. The number of nitrogens with one attached hydrogen (secondary N) is 2. The van der Waals surface area contributed by atoms with Crippen LogP contribution in [0.2, 0.25) is 0 Å². The van der Waals surface area contributed by atoms with Crippen LogP contribution in [-0.2, 0) is 11.2 Å². The lowest BCUT2D eigenvalue weighted by molar-refractivity contribution is -0.127. The Balaban J connectivity index is 1.40. The summed E-state index contributed by atoms with van der Waals surface area (Å²) in [6.07, 6.45) is 4.92. The summed E-state index contributed by atoms with van der Waals surface area (Å²) in [6, 6.07) is 11.4. The third kappa shape index (κ3) is 4.64. The van der Waals surface area contributed by atoms with E-state index in [2.05, 4.69) is 17.6 Å². The normalized spacial score (nSPS) is 23.1. The topological polar surface area (TPSA) is 67.4 Å². The lowest BCUT2D eigenvalue weighted by Gasteiger charge is -2.30. The van der Waals surface area contributed by atoms with Gasteiger partial charge in [-0.2, -0.15) is 0 Å². The van der Waals surface area contributed by atoms with Gasteiger partial charge in [-0.3, -0.25) is 9.59 Å². The van der Waals surface area contributed by atoms with Crippen LogP contribution in [0.15, 0.2) is 42.5 Å². The van der Waals surface area contributed by atoms with Crippen LogP contribution in [-0.4, -0.2) is 24.5 Å². The monoisotopic (exact) mass is 410 g/mol. The van der Waals surface area contributed by atoms with Crippen LogP contribution in [0, 0.1) is 17.7 Å². The molecule has 2 aromatic carbocycles. The number of carbonyl (C=O) groups excluding carboxylic acids is 2. The second kappa shape index (κ2) is 8.86. The van der Waals surface area contributed by atoms with E-state index in [9.17, 15) is 14.0 Å². The molecule has 0 aromatic heterocycles. The van der Waals surface area contributed by atoms with Gasteiger partial charge in [-0.25, -0.2) is 4.39 Å². The fourth-order valence-electron chi connectivity index (χ4n) is 4.21. The molecular formula is C24H27FN2O3. The van der Waals surface area contributed by atoms with Gasteiger partial charge in [0.2, 0.25) is 5.91 Å². The van der Waals surface area contributed by atoms with Gasteiger partial charge in [0.1, 0.15) is 18.2 Å². The maximum atomic E-state index is 13.8. The second-order valence-electron chi connectivity index (χ2n) is 8.43. The molecule has 0 unspecified atom stereocenters. The number of carbonyl (C=O) groups is 2. The number of hydrogen-bond acceptors (Lipinski definition) is 3. The molecule has 4 rings (SSSR count). The van der Waals surface area contributed by atoms with Crippen molar-refractivity contribution < 1.29 is 18.7 Å². The number of ether oxygens (including phenoxy) is 1. The van der Waals surface area contributed by atoms with Crippen molar-refractivity contribution in [1.29, 1.82) is 0 Å². The van der Waals surface area contributed by atoms with E-state index in [1.807, 2.05) is 0 Å². The third-order valence-electron chi connectivity index (χ3n) is 6.08. The zero-order valence-electron chi connectivity index (χ0n) is 17.1. The number of halogens is 1. The van der Waals surface area contributed by atoms with Gasteiger partial charge in [-0.05, 0) is 73.9 Å². The fourth-order valence-corrected chi connectivity index (χ4v) is 4.21. The molecule has 2 aromatic rings. The van der Waals surface area contributed by atoms with Crippen LogP contribution in [0.1, 0.15) is 48.5 Å². The van der Waals surface area contributed by atoms with Crippen LogP contribution in [0.4, 0.5) is 10.1 Å². The molecule has 0 bridgehead atoms. The first kappa shape index (κ1) is 20.4. The first-order chi connectivity index (χ1) is 14.5. The van der Waals surface area contributed by atoms with Gasteiger partial charge in [0.05, 0.1) is 11.5 Å². The third-order valence-corrected chi connectivity index (χ3v) is 6.08. The Bertz CT molecular complexity index is 938. The van der Waals surface area contributed by atoms with Crippen LogP contribution in [0.3, 0.4) is 0 Å². The van der Waals surface area contributed by atoms with E-state index in [1.165, 1.54) is 12.1 Å². The van der Waals surface area contributed by atoms with E-state index in [0.717, 1.165) is 42.9 Å². The lowest BCUT2D eigenvalue weighted by atomic mass is 9.87. The average molecular weight is 410 g/mol. The summed E-state index contributed by atoms with van der Waals surface area (Å²) < 4.78 is 19.6. The van der Waals surface area contributed by atoms with Crippen LogP contribution in [0.25, 0.3) is 0 Å². The molecule has 2 N–H and O–H groups in total. The van der Waals surface area contributed by atoms with Crippen molar-refractivity contribution in [2.45, 2.75) is 45.1 Å². The molecule has 1 aliphatic heterocycles. The lowest BCUT2D eigenvalue weighted by Crippen LogP contribution is -2.43. The summed E-state index contributed by atoms with van der Waals surface area (Å²) in [6.45, 7) is 2.61. The predicted octanol–water partition coefficient (Wildman–Crippen LogP) is 4.32. The summed E-state index contributed by atoms with van der Waals surface area (Å²) in [4.78, 5) is 25.1. The Morgan fingerprint density at radius 2 is 1.83 bits per heavy atom. The average Bonchev–Trinajstić information content (AvgIpc) is 2.75. The van der Waals surface area contributed by atoms with E-state index < -0.39 is 11.7 Å². The highest BCUT2D eigenvalue weighted by Crippen LogP contribution is 2.31. The van der Waals surface area contributed by atoms with Gasteiger partial charge in [0.25, 0.3) is 5.91 Å². The summed E-state index contributed by atoms with van der Waals surface area (Å²) in [5.74, 6) is 0.154. The van der Waals surface area contributed by atoms with Crippen molar-refractivity contribution in [1.82, 2.24) is 5.32 Å². The number of amides is 2. The Labute approximate surface area is 176 Å². The Kier molecular flexibility index (Phi) is 6.02. The number of rotatable bonds is 4. The molecule has 5 nitrogen and oxygen atoms in total. The molecule has 2 aliphatic rings. The molecule has 1 aliphatic carbocycles. The molecule has 0 radical (unpaired) electrons. The molecular weight excluding hydrogens is 383 g/mol. The zero-order chi connectivity index (χ0) is 21.1. The second-order valence-corrected chi connectivity index (χ2v) is 8.43.